The van der Waals surface area contributed by atoms with Gasteiger partial charge >= 0.3 is 0 Å². The van der Waals surface area contributed by atoms with Gasteiger partial charge in [-0.2, -0.15) is 0 Å². The van der Waals surface area contributed by atoms with Crippen LogP contribution in [0.3, 0.4) is 0 Å². The van der Waals surface area contributed by atoms with E-state index < -0.39 is 0 Å². The van der Waals surface area contributed by atoms with Crippen molar-refractivity contribution >= 4 is 5.78 Å². The molecule has 0 aliphatic heterocycles. The minimum Gasteiger partial charge on any atom is -0.512 e. The maximum Gasteiger partial charge on any atom is 0.155 e. The van der Waals surface area contributed by atoms with E-state index >= 15 is 0 Å². The maximum absolute atomic E-state index is 10.0. The van der Waals surface area contributed by atoms with Crippen molar-refractivity contribution in [2.75, 3.05) is 0 Å². The molecule has 19 heavy (non-hydrogen) atoms. The van der Waals surface area contributed by atoms with Gasteiger partial charge in [-0.1, -0.05) is 5.56 Å². The Morgan fingerprint density at radius 3 is 2.53 bits per heavy atom. The van der Waals surface area contributed by atoms with E-state index in [4.69, 9.17) is 9.52 Å². The zero-order chi connectivity index (χ0) is 13.4. The van der Waals surface area contributed by atoms with Crippen LogP contribution in [0.1, 0.15) is 13.8 Å². The molecule has 1 heterocycles. The third-order valence-electron chi connectivity index (χ3n) is 1.78. The van der Waals surface area contributed by atoms with Crippen LogP contribution in [0.25, 0.3) is 11.5 Å². The van der Waals surface area contributed by atoms with Crippen LogP contribution in [0.4, 0.5) is 0 Å². The molecular weight excluding hydrogens is 422 g/mol. The first-order valence-electron chi connectivity index (χ1n) is 5.34. The van der Waals surface area contributed by atoms with Gasteiger partial charge in [0.2, 0.25) is 0 Å². The van der Waals surface area contributed by atoms with Gasteiger partial charge in [-0.15, -0.1) is 30.3 Å². The summed E-state index contributed by atoms with van der Waals surface area (Å²) in [6.45, 7) is 2.85. The monoisotopic (exact) mass is 437 g/mol. The second-order valence-corrected chi connectivity index (χ2v) is 3.51. The van der Waals surface area contributed by atoms with E-state index in [9.17, 15) is 4.79 Å². The summed E-state index contributed by atoms with van der Waals surface area (Å²) < 4.78 is 5.08. The first-order chi connectivity index (χ1) is 8.59. The van der Waals surface area contributed by atoms with E-state index in [1.54, 1.807) is 12.5 Å². The summed E-state index contributed by atoms with van der Waals surface area (Å²) in [4.78, 5) is 14.0. The van der Waals surface area contributed by atoms with Crippen LogP contribution in [0, 0.1) is 6.07 Å². The topological polar surface area (TPSA) is 63.3 Å². The van der Waals surface area contributed by atoms with Gasteiger partial charge in [-0.25, -0.2) is 0 Å². The van der Waals surface area contributed by atoms with Crippen molar-refractivity contribution in [3.63, 3.8) is 0 Å². The summed E-state index contributed by atoms with van der Waals surface area (Å²) >= 11 is 0. The zero-order valence-corrected chi connectivity index (χ0v) is 13.0. The molecule has 2 rings (SSSR count). The van der Waals surface area contributed by atoms with Gasteiger partial charge in [-0.05, 0) is 13.8 Å². The molecule has 4 nitrogen and oxygen atoms in total. The molecule has 2 aromatic rings. The van der Waals surface area contributed by atoms with Gasteiger partial charge in [0.15, 0.2) is 5.78 Å². The maximum atomic E-state index is 10.0. The number of ketones is 1. The molecule has 0 saturated carbocycles. The summed E-state index contributed by atoms with van der Waals surface area (Å²) in [5.41, 5.74) is 0.887. The number of oxazole rings is 1. The van der Waals surface area contributed by atoms with E-state index in [0.717, 1.165) is 5.56 Å². The van der Waals surface area contributed by atoms with Gasteiger partial charge in [-0.3, -0.25) is 9.78 Å². The molecule has 1 radical (unpaired) electrons. The predicted molar refractivity (Wildman–Crippen MR) is 67.8 cm³/mol. The Kier molecular flexibility index (Phi) is 8.42. The molecular formula is C14H14IrNO3-. The van der Waals surface area contributed by atoms with Crippen LogP contribution in [0.15, 0.2) is 53.0 Å². The average molecular weight is 436 g/mol. The molecule has 0 bridgehead atoms. The fourth-order valence-electron chi connectivity index (χ4n) is 1.18. The molecule has 0 aliphatic carbocycles. The number of nitrogens with zero attached hydrogens (tertiary/aromatic N) is 1. The van der Waals surface area contributed by atoms with Gasteiger partial charge in [0.25, 0.3) is 0 Å². The Balaban J connectivity index is 0.000000360. The molecule has 0 atom stereocenters. The van der Waals surface area contributed by atoms with Gasteiger partial charge in [0, 0.05) is 26.2 Å². The number of aliphatic hydroxyl groups excluding tert-OH is 1. The molecule has 1 aromatic heterocycles. The number of hydrogen-bond acceptors (Lipinski definition) is 4. The number of carbonyl (C=O) groups is 1. The normalized spacial score (nSPS) is 9.89. The van der Waals surface area contributed by atoms with Crippen LogP contribution in [-0.2, 0) is 24.9 Å². The molecule has 0 aliphatic rings. The van der Waals surface area contributed by atoms with Crippen molar-refractivity contribution < 1.29 is 34.4 Å². The fourth-order valence-corrected chi connectivity index (χ4v) is 1.18. The number of hydrogen-bond donors (Lipinski definition) is 1. The molecule has 0 spiro atoms. The van der Waals surface area contributed by atoms with E-state index in [2.05, 4.69) is 11.1 Å². The number of aliphatic hydroxyl groups is 1. The van der Waals surface area contributed by atoms with Crippen LogP contribution < -0.4 is 0 Å². The van der Waals surface area contributed by atoms with Gasteiger partial charge < -0.3 is 9.52 Å². The number of benzene rings is 1. The summed E-state index contributed by atoms with van der Waals surface area (Å²) in [5, 5.41) is 8.36. The Bertz CT molecular complexity index is 503. The Hall–Kier alpha value is -1.71. The second-order valence-electron chi connectivity index (χ2n) is 3.51. The van der Waals surface area contributed by atoms with Gasteiger partial charge in [0.1, 0.15) is 5.89 Å². The summed E-state index contributed by atoms with van der Waals surface area (Å²) in [5.74, 6) is 0.554. The van der Waals surface area contributed by atoms with Crippen LogP contribution in [0.2, 0.25) is 0 Å². The van der Waals surface area contributed by atoms with Crippen LogP contribution in [-0.4, -0.2) is 15.9 Å². The number of carbonyl (C=O) groups excluding carboxylic acids is 1. The molecule has 1 aromatic carbocycles. The SMILES string of the molecule is CC(=O)/C=C(/C)O.[Ir].[c-]1ccccc1-c1ncco1. The van der Waals surface area contributed by atoms with E-state index in [1.165, 1.54) is 19.9 Å². The van der Waals surface area contributed by atoms with Crippen molar-refractivity contribution in [3.05, 3.63) is 54.6 Å². The molecule has 0 saturated heterocycles. The summed E-state index contributed by atoms with van der Waals surface area (Å²) in [7, 11) is 0. The fraction of sp³-hybridized carbons (Fsp3) is 0.143. The quantitative estimate of drug-likeness (QED) is 0.446. The van der Waals surface area contributed by atoms with Crippen LogP contribution >= 0.6 is 0 Å². The third kappa shape index (κ3) is 7.34. The van der Waals surface area contributed by atoms with Crippen molar-refractivity contribution in [1.82, 2.24) is 4.98 Å². The Labute approximate surface area is 125 Å². The molecule has 0 unspecified atom stereocenters. The number of allylic oxidation sites excluding steroid dienone is 2. The van der Waals surface area contributed by atoms with E-state index in [1.807, 2.05) is 24.3 Å². The molecule has 1 N–H and O–H groups in total. The number of aromatic nitrogens is 1. The minimum absolute atomic E-state index is 0. The van der Waals surface area contributed by atoms with Gasteiger partial charge in [0.05, 0.1) is 18.2 Å². The number of rotatable bonds is 2. The first-order valence-corrected chi connectivity index (χ1v) is 5.34. The van der Waals surface area contributed by atoms with Crippen LogP contribution in [0.5, 0.6) is 0 Å². The average Bonchev–Trinajstić information content (AvgIpc) is 2.82. The van der Waals surface area contributed by atoms with E-state index in [0.29, 0.717) is 5.89 Å². The Morgan fingerprint density at radius 2 is 2.16 bits per heavy atom. The molecule has 5 heteroatoms. The van der Waals surface area contributed by atoms with Crippen molar-refractivity contribution in [3.8, 4) is 11.5 Å². The standard InChI is InChI=1S/C9H6NO.C5H8O2.Ir/c1-2-4-8(5-3-1)9-10-6-7-11-9;1-4(6)3-5(2)7;/h1-4,6-7H;3,6H,1-2H3;/q-1;;/b;4-3-;. The first kappa shape index (κ1) is 17.3. The van der Waals surface area contributed by atoms with E-state index in [-0.39, 0.29) is 31.6 Å². The Morgan fingerprint density at radius 1 is 1.42 bits per heavy atom. The van der Waals surface area contributed by atoms with Crippen molar-refractivity contribution in [1.29, 1.82) is 0 Å². The predicted octanol–water partition coefficient (Wildman–Crippen LogP) is 3.18. The zero-order valence-electron chi connectivity index (χ0n) is 10.6. The van der Waals surface area contributed by atoms with Crippen molar-refractivity contribution in [2.24, 2.45) is 0 Å². The molecule has 0 amide bonds. The van der Waals surface area contributed by atoms with Crippen molar-refractivity contribution in [2.45, 2.75) is 13.8 Å². The largest absolute Gasteiger partial charge is 0.512 e. The summed E-state index contributed by atoms with van der Waals surface area (Å²) in [6.07, 6.45) is 4.34. The third-order valence-corrected chi connectivity index (χ3v) is 1.78. The smallest absolute Gasteiger partial charge is 0.155 e. The summed E-state index contributed by atoms with van der Waals surface area (Å²) in [6, 6.07) is 10.6. The molecule has 103 valence electrons. The molecule has 0 fully saturated rings. The second kappa shape index (κ2) is 9.25. The minimum atomic E-state index is -0.125.